The molecule has 20 heavy (non-hydrogen) atoms. The molecule has 0 aliphatic carbocycles. The highest BCUT2D eigenvalue weighted by atomic mass is 16.5. The number of nitrogens with zero attached hydrogens (tertiary/aromatic N) is 2. The first-order valence-corrected chi connectivity index (χ1v) is 6.47. The lowest BCUT2D eigenvalue weighted by Crippen LogP contribution is -2.14. The SMILES string of the molecule is COCc1nc(C)cc(NC(CCO)c2ccco2)n1. The Bertz CT molecular complexity index is 528. The van der Waals surface area contributed by atoms with Crippen molar-refractivity contribution in [1.29, 1.82) is 0 Å². The van der Waals surface area contributed by atoms with E-state index in [1.165, 1.54) is 0 Å². The predicted octanol–water partition coefficient (Wildman–Crippen LogP) is 2.06. The van der Waals surface area contributed by atoms with E-state index in [0.29, 0.717) is 24.7 Å². The van der Waals surface area contributed by atoms with Crippen LogP contribution in [0.1, 0.15) is 29.7 Å². The first kappa shape index (κ1) is 14.5. The van der Waals surface area contributed by atoms with E-state index >= 15 is 0 Å². The summed E-state index contributed by atoms with van der Waals surface area (Å²) in [5.41, 5.74) is 0.858. The van der Waals surface area contributed by atoms with Gasteiger partial charge in [0.25, 0.3) is 0 Å². The third kappa shape index (κ3) is 3.79. The Kier molecular flexibility index (Phi) is 5.09. The van der Waals surface area contributed by atoms with Crippen LogP contribution in [0.15, 0.2) is 28.9 Å². The van der Waals surface area contributed by atoms with Crippen LogP contribution in [0, 0.1) is 6.92 Å². The van der Waals surface area contributed by atoms with Crippen LogP contribution in [0.25, 0.3) is 0 Å². The highest BCUT2D eigenvalue weighted by Crippen LogP contribution is 2.22. The van der Waals surface area contributed by atoms with E-state index in [9.17, 15) is 5.11 Å². The first-order chi connectivity index (χ1) is 9.72. The Balaban J connectivity index is 2.17. The summed E-state index contributed by atoms with van der Waals surface area (Å²) in [6.45, 7) is 2.33. The summed E-state index contributed by atoms with van der Waals surface area (Å²) in [5, 5.41) is 12.4. The molecule has 0 amide bonds. The normalized spacial score (nSPS) is 12.3. The summed E-state index contributed by atoms with van der Waals surface area (Å²) in [4.78, 5) is 8.68. The highest BCUT2D eigenvalue weighted by molar-refractivity contribution is 5.38. The number of aliphatic hydroxyl groups excluding tert-OH is 1. The summed E-state index contributed by atoms with van der Waals surface area (Å²) in [5.74, 6) is 2.08. The molecule has 2 aromatic rings. The average molecular weight is 277 g/mol. The first-order valence-electron chi connectivity index (χ1n) is 6.47. The number of aromatic nitrogens is 2. The van der Waals surface area contributed by atoms with Crippen molar-refractivity contribution in [2.24, 2.45) is 0 Å². The topological polar surface area (TPSA) is 80.4 Å². The molecule has 108 valence electrons. The Morgan fingerprint density at radius 1 is 1.45 bits per heavy atom. The van der Waals surface area contributed by atoms with Crippen LogP contribution in [-0.2, 0) is 11.3 Å². The molecule has 0 bridgehead atoms. The summed E-state index contributed by atoms with van der Waals surface area (Å²) >= 11 is 0. The fourth-order valence-corrected chi connectivity index (χ4v) is 1.98. The van der Waals surface area contributed by atoms with Gasteiger partial charge in [-0.2, -0.15) is 0 Å². The lowest BCUT2D eigenvalue weighted by molar-refractivity contribution is 0.177. The van der Waals surface area contributed by atoms with Gasteiger partial charge in [-0.05, 0) is 25.5 Å². The maximum absolute atomic E-state index is 9.17. The van der Waals surface area contributed by atoms with Crippen LogP contribution < -0.4 is 5.32 Å². The zero-order valence-electron chi connectivity index (χ0n) is 11.7. The molecule has 0 aromatic carbocycles. The zero-order chi connectivity index (χ0) is 14.4. The van der Waals surface area contributed by atoms with Crippen LogP contribution in [0.3, 0.4) is 0 Å². The molecule has 2 aromatic heterocycles. The van der Waals surface area contributed by atoms with Crippen LogP contribution in [0.4, 0.5) is 5.82 Å². The van der Waals surface area contributed by atoms with Crippen molar-refractivity contribution in [3.63, 3.8) is 0 Å². The van der Waals surface area contributed by atoms with Gasteiger partial charge in [-0.3, -0.25) is 0 Å². The number of ether oxygens (including phenoxy) is 1. The molecule has 0 saturated carbocycles. The van der Waals surface area contributed by atoms with Gasteiger partial charge in [-0.25, -0.2) is 9.97 Å². The Labute approximate surface area is 117 Å². The van der Waals surface area contributed by atoms with Gasteiger partial charge in [0, 0.05) is 25.5 Å². The molecule has 1 unspecified atom stereocenters. The zero-order valence-corrected chi connectivity index (χ0v) is 11.7. The standard InChI is InChI=1S/C14H19N3O3/c1-10-8-13(17-14(15-10)9-19-2)16-11(5-6-18)12-4-3-7-20-12/h3-4,7-8,11,18H,5-6,9H2,1-2H3,(H,15,16,17). The Hall–Kier alpha value is -1.92. The minimum atomic E-state index is -0.125. The highest BCUT2D eigenvalue weighted by Gasteiger charge is 2.15. The fraction of sp³-hybridized carbons (Fsp3) is 0.429. The molecule has 0 saturated heterocycles. The smallest absolute Gasteiger partial charge is 0.156 e. The molecular weight excluding hydrogens is 258 g/mol. The Morgan fingerprint density at radius 3 is 2.95 bits per heavy atom. The molecule has 2 heterocycles. The van der Waals surface area contributed by atoms with E-state index in [0.717, 1.165) is 11.5 Å². The maximum atomic E-state index is 9.17. The number of furan rings is 1. The van der Waals surface area contributed by atoms with Crippen LogP contribution in [0.2, 0.25) is 0 Å². The maximum Gasteiger partial charge on any atom is 0.156 e. The van der Waals surface area contributed by atoms with E-state index in [1.54, 1.807) is 13.4 Å². The van der Waals surface area contributed by atoms with Crippen molar-refractivity contribution in [2.75, 3.05) is 19.0 Å². The molecule has 2 rings (SSSR count). The number of methoxy groups -OCH3 is 1. The second-order valence-corrected chi connectivity index (χ2v) is 4.47. The van der Waals surface area contributed by atoms with E-state index in [4.69, 9.17) is 9.15 Å². The summed E-state index contributed by atoms with van der Waals surface area (Å²) < 4.78 is 10.4. The van der Waals surface area contributed by atoms with Crippen LogP contribution in [0.5, 0.6) is 0 Å². The third-order valence-electron chi connectivity index (χ3n) is 2.80. The molecule has 6 heteroatoms. The van der Waals surface area contributed by atoms with E-state index in [-0.39, 0.29) is 12.6 Å². The number of hydrogen-bond acceptors (Lipinski definition) is 6. The van der Waals surface area contributed by atoms with Gasteiger partial charge in [0.15, 0.2) is 5.82 Å². The van der Waals surface area contributed by atoms with Gasteiger partial charge in [0.05, 0.1) is 12.3 Å². The monoisotopic (exact) mass is 277 g/mol. The summed E-state index contributed by atoms with van der Waals surface area (Å²) in [6, 6.07) is 5.42. The van der Waals surface area contributed by atoms with Crippen molar-refractivity contribution in [3.05, 3.63) is 41.7 Å². The quantitative estimate of drug-likeness (QED) is 0.806. The van der Waals surface area contributed by atoms with E-state index < -0.39 is 0 Å². The van der Waals surface area contributed by atoms with Gasteiger partial charge in [0.1, 0.15) is 18.2 Å². The van der Waals surface area contributed by atoms with Crippen molar-refractivity contribution >= 4 is 5.82 Å². The summed E-state index contributed by atoms with van der Waals surface area (Å²) in [6.07, 6.45) is 2.15. The predicted molar refractivity (Wildman–Crippen MR) is 74.3 cm³/mol. The number of aryl methyl sites for hydroxylation is 1. The van der Waals surface area contributed by atoms with E-state index in [2.05, 4.69) is 15.3 Å². The second-order valence-electron chi connectivity index (χ2n) is 4.47. The molecular formula is C14H19N3O3. The minimum absolute atomic E-state index is 0.0629. The van der Waals surface area contributed by atoms with Crippen LogP contribution >= 0.6 is 0 Å². The van der Waals surface area contributed by atoms with Gasteiger partial charge < -0.3 is 19.6 Å². The van der Waals surface area contributed by atoms with Crippen molar-refractivity contribution in [3.8, 4) is 0 Å². The van der Waals surface area contributed by atoms with Crippen molar-refractivity contribution < 1.29 is 14.3 Å². The average Bonchev–Trinajstić information content (AvgIpc) is 2.91. The third-order valence-corrected chi connectivity index (χ3v) is 2.80. The van der Waals surface area contributed by atoms with E-state index in [1.807, 2.05) is 25.1 Å². The largest absolute Gasteiger partial charge is 0.467 e. The molecule has 1 atom stereocenters. The fourth-order valence-electron chi connectivity index (χ4n) is 1.98. The second kappa shape index (κ2) is 7.02. The lowest BCUT2D eigenvalue weighted by Gasteiger charge is -2.17. The molecule has 0 spiro atoms. The minimum Gasteiger partial charge on any atom is -0.467 e. The number of aliphatic hydroxyl groups is 1. The molecule has 0 aliphatic heterocycles. The van der Waals surface area contributed by atoms with Crippen molar-refractivity contribution in [1.82, 2.24) is 9.97 Å². The molecule has 0 aliphatic rings. The van der Waals surface area contributed by atoms with Gasteiger partial charge in [-0.15, -0.1) is 0 Å². The van der Waals surface area contributed by atoms with Crippen LogP contribution in [-0.4, -0.2) is 28.8 Å². The number of hydrogen-bond donors (Lipinski definition) is 2. The number of anilines is 1. The summed E-state index contributed by atoms with van der Waals surface area (Å²) in [7, 11) is 1.61. The van der Waals surface area contributed by atoms with Gasteiger partial charge in [-0.1, -0.05) is 0 Å². The number of nitrogens with one attached hydrogen (secondary N) is 1. The Morgan fingerprint density at radius 2 is 2.30 bits per heavy atom. The molecule has 6 nitrogen and oxygen atoms in total. The van der Waals surface area contributed by atoms with Gasteiger partial charge >= 0.3 is 0 Å². The van der Waals surface area contributed by atoms with Gasteiger partial charge in [0.2, 0.25) is 0 Å². The van der Waals surface area contributed by atoms with Crippen molar-refractivity contribution in [2.45, 2.75) is 26.0 Å². The molecule has 0 radical (unpaired) electrons. The molecule has 2 N–H and O–H groups in total. The lowest BCUT2D eigenvalue weighted by atomic mass is 10.1. The number of rotatable bonds is 7. The molecule has 0 fully saturated rings.